The van der Waals surface area contributed by atoms with Crippen LogP contribution in [0.2, 0.25) is 5.28 Å². The van der Waals surface area contributed by atoms with Crippen LogP contribution >= 0.6 is 11.6 Å². The number of hydrogen-bond acceptors (Lipinski definition) is 9. The second-order valence-electron chi connectivity index (χ2n) is 13.4. The number of halogens is 2. The van der Waals surface area contributed by atoms with Gasteiger partial charge in [0, 0.05) is 50.8 Å². The minimum atomic E-state index is -3.17. The van der Waals surface area contributed by atoms with E-state index in [1.165, 1.54) is 18.2 Å². The smallest absolute Gasteiger partial charge is 0.282 e. The largest absolute Gasteiger partial charge is 0.434 e. The Kier molecular flexibility index (Phi) is 10.2. The zero-order valence-electron chi connectivity index (χ0n) is 26.8. The van der Waals surface area contributed by atoms with E-state index in [2.05, 4.69) is 29.7 Å². The van der Waals surface area contributed by atoms with Crippen LogP contribution in [-0.4, -0.2) is 95.9 Å². The van der Waals surface area contributed by atoms with Crippen LogP contribution in [-0.2, 0) is 10.0 Å². The van der Waals surface area contributed by atoms with E-state index in [4.69, 9.17) is 16.3 Å². The number of nitrogens with zero attached hydrogens (tertiary/aromatic N) is 6. The Morgan fingerprint density at radius 3 is 2.49 bits per heavy atom. The van der Waals surface area contributed by atoms with Gasteiger partial charge in [-0.1, -0.05) is 0 Å². The summed E-state index contributed by atoms with van der Waals surface area (Å²) in [6.45, 7) is 13.8. The third-order valence-electron chi connectivity index (χ3n) is 9.33. The van der Waals surface area contributed by atoms with Crippen LogP contribution in [0.15, 0.2) is 18.2 Å². The van der Waals surface area contributed by atoms with Crippen molar-refractivity contribution >= 4 is 33.3 Å². The van der Waals surface area contributed by atoms with Gasteiger partial charge < -0.3 is 19.4 Å². The molecule has 1 aromatic carbocycles. The van der Waals surface area contributed by atoms with E-state index in [9.17, 15) is 17.6 Å². The Balaban J connectivity index is 1.22. The first-order valence-electron chi connectivity index (χ1n) is 16.0. The number of hydrogen-bond donors (Lipinski definition) is 1. The molecule has 0 unspecified atom stereocenters. The molecule has 45 heavy (non-hydrogen) atoms. The topological polar surface area (TPSA) is 121 Å². The molecule has 0 radical (unpaired) electrons. The lowest BCUT2D eigenvalue weighted by molar-refractivity contribution is -0.0386. The van der Waals surface area contributed by atoms with E-state index >= 15 is 0 Å². The summed E-state index contributed by atoms with van der Waals surface area (Å²) in [5, 5.41) is 8.07. The first-order valence-corrected chi connectivity index (χ1v) is 18.0. The second-order valence-corrected chi connectivity index (χ2v) is 15.8. The van der Waals surface area contributed by atoms with E-state index in [1.807, 2.05) is 27.7 Å². The Morgan fingerprint density at radius 1 is 1.16 bits per heavy atom. The fourth-order valence-corrected chi connectivity index (χ4v) is 8.23. The molecular formula is C31H45ClFN7O4S. The van der Waals surface area contributed by atoms with E-state index in [1.54, 1.807) is 11.8 Å². The molecule has 5 rings (SSSR count). The minimum absolute atomic E-state index is 0.0106. The van der Waals surface area contributed by atoms with Crippen LogP contribution in [0, 0.1) is 17.2 Å². The van der Waals surface area contributed by atoms with Crippen LogP contribution in [0.25, 0.3) is 0 Å². The van der Waals surface area contributed by atoms with Crippen molar-refractivity contribution < 1.29 is 22.3 Å². The molecule has 1 aromatic heterocycles. The van der Waals surface area contributed by atoms with Gasteiger partial charge in [-0.3, -0.25) is 4.79 Å². The molecule has 1 amide bonds. The highest BCUT2D eigenvalue weighted by molar-refractivity contribution is 7.89. The monoisotopic (exact) mass is 665 g/mol. The number of sulfonamides is 1. The lowest BCUT2D eigenvalue weighted by atomic mass is 9.67. The van der Waals surface area contributed by atoms with Gasteiger partial charge in [-0.15, -0.1) is 10.2 Å². The second kappa shape index (κ2) is 13.6. The zero-order chi connectivity index (χ0) is 32.5. The Bertz CT molecular complexity index is 1470. The first kappa shape index (κ1) is 33.7. The van der Waals surface area contributed by atoms with Crippen molar-refractivity contribution in [2.45, 2.75) is 84.8 Å². The van der Waals surface area contributed by atoms with Gasteiger partial charge in [0.2, 0.25) is 15.3 Å². The molecule has 3 heterocycles. The SMILES string of the molecule is CCS(=O)(=O)NC1CCC2(CC1)CN(C[C@@H]1CCN(c3nc(Cl)nnc3Oc3ccc(F)cc3C(=O)N(C(C)C)C(C)C)C1)C2. The van der Waals surface area contributed by atoms with Gasteiger partial charge in [0.05, 0.1) is 11.3 Å². The number of likely N-dealkylation sites (tertiary alicyclic amines) is 1. The maximum absolute atomic E-state index is 14.4. The Hall–Kier alpha value is -2.61. The number of carbonyl (C=O) groups excluding carboxylic acids is 1. The third kappa shape index (κ3) is 7.86. The number of anilines is 1. The van der Waals surface area contributed by atoms with Crippen molar-refractivity contribution in [1.29, 1.82) is 0 Å². The van der Waals surface area contributed by atoms with Crippen molar-refractivity contribution in [3.8, 4) is 11.6 Å². The van der Waals surface area contributed by atoms with Gasteiger partial charge >= 0.3 is 0 Å². The van der Waals surface area contributed by atoms with E-state index in [0.29, 0.717) is 17.2 Å². The molecule has 3 fully saturated rings. The van der Waals surface area contributed by atoms with Gasteiger partial charge in [0.1, 0.15) is 11.6 Å². The highest BCUT2D eigenvalue weighted by Gasteiger charge is 2.46. The number of carbonyl (C=O) groups is 1. The van der Waals surface area contributed by atoms with Crippen molar-refractivity contribution in [3.63, 3.8) is 0 Å². The zero-order valence-corrected chi connectivity index (χ0v) is 28.4. The normalized spacial score (nSPS) is 20.6. The lowest BCUT2D eigenvalue weighted by Crippen LogP contribution is -2.59. The molecular weight excluding hydrogens is 621 g/mol. The standard InChI is InChI=1S/C31H45ClFN7O4S/c1-6-45(42,43)37-24-9-12-31(13-10-24)18-38(19-31)16-22-11-14-39(17-22)27-28(35-36-30(32)34-27)44-26-8-7-23(33)15-25(26)29(41)40(20(2)3)21(4)5/h7-8,15,20-22,24,37H,6,9-14,16-19H2,1-5H3/t22-/m0/s1. The average Bonchev–Trinajstić information content (AvgIpc) is 3.43. The summed E-state index contributed by atoms with van der Waals surface area (Å²) in [6.07, 6.45) is 4.83. The predicted molar refractivity (Wildman–Crippen MR) is 172 cm³/mol. The molecule has 1 aliphatic carbocycles. The molecule has 11 nitrogen and oxygen atoms in total. The predicted octanol–water partition coefficient (Wildman–Crippen LogP) is 4.73. The molecule has 248 valence electrons. The summed E-state index contributed by atoms with van der Waals surface area (Å²) in [5.41, 5.74) is 0.394. The molecule has 14 heteroatoms. The molecule has 1 spiro atoms. The number of rotatable bonds is 11. The maximum Gasteiger partial charge on any atom is 0.282 e. The van der Waals surface area contributed by atoms with Gasteiger partial charge in [-0.25, -0.2) is 17.5 Å². The summed E-state index contributed by atoms with van der Waals surface area (Å²) < 4.78 is 47.3. The van der Waals surface area contributed by atoms with Crippen LogP contribution in [0.3, 0.4) is 0 Å². The molecule has 1 N–H and O–H groups in total. The highest BCUT2D eigenvalue weighted by Crippen LogP contribution is 2.45. The maximum atomic E-state index is 14.4. The van der Waals surface area contributed by atoms with Crippen molar-refractivity contribution in [2.75, 3.05) is 43.4 Å². The molecule has 1 atom stereocenters. The van der Waals surface area contributed by atoms with Crippen molar-refractivity contribution in [2.24, 2.45) is 11.3 Å². The summed E-state index contributed by atoms with van der Waals surface area (Å²) in [6, 6.07) is 3.73. The summed E-state index contributed by atoms with van der Waals surface area (Å²) in [5.74, 6) is 0.376. The van der Waals surface area contributed by atoms with Crippen LogP contribution in [0.1, 0.15) is 77.1 Å². The van der Waals surface area contributed by atoms with Gasteiger partial charge in [-0.05, 0) is 108 Å². The summed E-state index contributed by atoms with van der Waals surface area (Å²) in [7, 11) is -3.17. The van der Waals surface area contributed by atoms with E-state index in [-0.39, 0.29) is 52.3 Å². The lowest BCUT2D eigenvalue weighted by Gasteiger charge is -2.54. The van der Waals surface area contributed by atoms with Gasteiger partial charge in [0.25, 0.3) is 11.8 Å². The minimum Gasteiger partial charge on any atom is -0.434 e. The number of nitrogens with one attached hydrogen (secondary N) is 1. The summed E-state index contributed by atoms with van der Waals surface area (Å²) >= 11 is 6.18. The Morgan fingerprint density at radius 2 is 1.84 bits per heavy atom. The number of aromatic nitrogens is 3. The molecule has 2 saturated heterocycles. The fourth-order valence-electron chi connectivity index (χ4n) is 7.20. The van der Waals surface area contributed by atoms with Crippen molar-refractivity contribution in [3.05, 3.63) is 34.9 Å². The fraction of sp³-hybridized carbons (Fsp3) is 0.677. The average molecular weight is 666 g/mol. The van der Waals surface area contributed by atoms with Crippen LogP contribution in [0.4, 0.5) is 10.2 Å². The first-order chi connectivity index (χ1) is 21.3. The number of ether oxygens (including phenoxy) is 1. The number of amides is 1. The quantitative estimate of drug-likeness (QED) is 0.363. The Labute approximate surface area is 270 Å². The highest BCUT2D eigenvalue weighted by atomic mass is 35.5. The summed E-state index contributed by atoms with van der Waals surface area (Å²) in [4.78, 5) is 24.2. The van der Waals surface area contributed by atoms with Gasteiger partial charge in [-0.2, -0.15) is 4.98 Å². The van der Waals surface area contributed by atoms with E-state index in [0.717, 1.165) is 64.8 Å². The molecule has 2 aromatic rings. The number of benzene rings is 1. The molecule has 0 bridgehead atoms. The van der Waals surface area contributed by atoms with Crippen molar-refractivity contribution in [1.82, 2.24) is 29.7 Å². The molecule has 2 aliphatic heterocycles. The van der Waals surface area contributed by atoms with Gasteiger partial charge in [0.15, 0.2) is 5.82 Å². The van der Waals surface area contributed by atoms with E-state index < -0.39 is 15.8 Å². The molecule has 3 aliphatic rings. The molecule has 1 saturated carbocycles. The third-order valence-corrected chi connectivity index (χ3v) is 10.9. The van der Waals surface area contributed by atoms with Crippen LogP contribution in [0.5, 0.6) is 11.6 Å². The van der Waals surface area contributed by atoms with Crippen LogP contribution < -0.4 is 14.4 Å².